The van der Waals surface area contributed by atoms with Crippen molar-refractivity contribution in [1.29, 1.82) is 0 Å². The number of carbonyl (C=O) groups is 1. The van der Waals surface area contributed by atoms with Crippen molar-refractivity contribution in [2.45, 2.75) is 19.4 Å². The minimum Gasteiger partial charge on any atom is -0.481 e. The van der Waals surface area contributed by atoms with Gasteiger partial charge in [0, 0.05) is 11.0 Å². The predicted molar refractivity (Wildman–Crippen MR) is 89.7 cm³/mol. The first-order valence-electron chi connectivity index (χ1n) is 7.12. The molecule has 1 aromatic heterocycles. The second kappa shape index (κ2) is 7.85. The SMILES string of the molecule is Cl.O=C(O)C1CCCN(Cc2nnnn2-c2ccccc2Br)C1. The summed E-state index contributed by atoms with van der Waals surface area (Å²) in [5.41, 5.74) is 0.870. The van der Waals surface area contributed by atoms with Gasteiger partial charge in [0.1, 0.15) is 0 Å². The van der Waals surface area contributed by atoms with E-state index in [1.54, 1.807) is 4.68 Å². The number of tetrazole rings is 1. The lowest BCUT2D eigenvalue weighted by Crippen LogP contribution is -2.38. The number of rotatable bonds is 4. The molecule has 2 aromatic rings. The van der Waals surface area contributed by atoms with Crippen molar-refractivity contribution in [2.75, 3.05) is 13.1 Å². The minimum absolute atomic E-state index is 0. The minimum atomic E-state index is -0.727. The van der Waals surface area contributed by atoms with Crippen LogP contribution < -0.4 is 0 Å². The Morgan fingerprint density at radius 2 is 2.17 bits per heavy atom. The molecular formula is C14H17BrClN5O2. The summed E-state index contributed by atoms with van der Waals surface area (Å²) in [6.07, 6.45) is 1.62. The molecule has 1 atom stereocenters. The molecule has 0 bridgehead atoms. The number of piperidine rings is 1. The summed E-state index contributed by atoms with van der Waals surface area (Å²) in [6.45, 7) is 1.95. The highest BCUT2D eigenvalue weighted by Gasteiger charge is 2.26. The fourth-order valence-electron chi connectivity index (χ4n) is 2.72. The smallest absolute Gasteiger partial charge is 0.307 e. The van der Waals surface area contributed by atoms with Gasteiger partial charge in [-0.25, -0.2) is 0 Å². The molecule has 7 nitrogen and oxygen atoms in total. The number of aromatic nitrogens is 4. The summed E-state index contributed by atoms with van der Waals surface area (Å²) in [6, 6.07) is 7.72. The molecule has 2 heterocycles. The zero-order valence-electron chi connectivity index (χ0n) is 12.3. The first-order valence-corrected chi connectivity index (χ1v) is 7.92. The van der Waals surface area contributed by atoms with E-state index in [-0.39, 0.29) is 18.3 Å². The van der Waals surface area contributed by atoms with Crippen molar-refractivity contribution < 1.29 is 9.90 Å². The van der Waals surface area contributed by atoms with Crippen molar-refractivity contribution in [3.8, 4) is 5.69 Å². The van der Waals surface area contributed by atoms with E-state index in [1.807, 2.05) is 24.3 Å². The molecule has 1 aliphatic heterocycles. The predicted octanol–water partition coefficient (Wildman–Crippen LogP) is 2.14. The van der Waals surface area contributed by atoms with Crippen LogP contribution in [0.4, 0.5) is 0 Å². The number of halogens is 2. The third-order valence-corrected chi connectivity index (χ3v) is 4.51. The summed E-state index contributed by atoms with van der Waals surface area (Å²) >= 11 is 3.50. The van der Waals surface area contributed by atoms with Crippen LogP contribution in [0.3, 0.4) is 0 Å². The van der Waals surface area contributed by atoms with Gasteiger partial charge in [-0.15, -0.1) is 17.5 Å². The maximum absolute atomic E-state index is 11.2. The van der Waals surface area contributed by atoms with Gasteiger partial charge >= 0.3 is 5.97 Å². The molecule has 3 rings (SSSR count). The van der Waals surface area contributed by atoms with Crippen molar-refractivity contribution in [2.24, 2.45) is 5.92 Å². The Kier molecular flexibility index (Phi) is 6.09. The average molecular weight is 403 g/mol. The van der Waals surface area contributed by atoms with E-state index in [4.69, 9.17) is 0 Å². The van der Waals surface area contributed by atoms with Crippen LogP contribution >= 0.6 is 28.3 Å². The maximum atomic E-state index is 11.2. The van der Waals surface area contributed by atoms with Crippen LogP contribution in [0.2, 0.25) is 0 Å². The Hall–Kier alpha value is -1.51. The highest BCUT2D eigenvalue weighted by molar-refractivity contribution is 9.10. The summed E-state index contributed by atoms with van der Waals surface area (Å²) in [5, 5.41) is 21.1. The lowest BCUT2D eigenvalue weighted by molar-refractivity contribution is -0.143. The van der Waals surface area contributed by atoms with Gasteiger partial charge in [-0.2, -0.15) is 4.68 Å². The third kappa shape index (κ3) is 4.07. The number of para-hydroxylation sites is 1. The lowest BCUT2D eigenvalue weighted by atomic mass is 9.98. The Balaban J connectivity index is 0.00000192. The summed E-state index contributed by atoms with van der Waals surface area (Å²) in [7, 11) is 0. The molecule has 124 valence electrons. The van der Waals surface area contributed by atoms with E-state index in [0.29, 0.717) is 18.9 Å². The number of carboxylic acids is 1. The van der Waals surface area contributed by atoms with Crippen molar-refractivity contribution in [3.05, 3.63) is 34.6 Å². The van der Waals surface area contributed by atoms with Gasteiger partial charge in [-0.05, 0) is 57.9 Å². The van der Waals surface area contributed by atoms with Crippen LogP contribution in [0.25, 0.3) is 5.69 Å². The molecular weight excluding hydrogens is 386 g/mol. The molecule has 0 amide bonds. The first-order chi connectivity index (χ1) is 10.6. The first kappa shape index (κ1) is 17.8. The second-order valence-electron chi connectivity index (χ2n) is 5.37. The van der Waals surface area contributed by atoms with Gasteiger partial charge in [0.15, 0.2) is 5.82 Å². The maximum Gasteiger partial charge on any atom is 0.307 e. The molecule has 23 heavy (non-hydrogen) atoms. The molecule has 1 aliphatic rings. The number of hydrogen-bond donors (Lipinski definition) is 1. The Morgan fingerprint density at radius 3 is 2.91 bits per heavy atom. The zero-order valence-corrected chi connectivity index (χ0v) is 14.7. The number of hydrogen-bond acceptors (Lipinski definition) is 5. The normalized spacial score (nSPS) is 18.4. The van der Waals surface area contributed by atoms with E-state index in [0.717, 1.165) is 29.5 Å². The van der Waals surface area contributed by atoms with Crippen LogP contribution in [0.5, 0.6) is 0 Å². The number of nitrogens with zero attached hydrogens (tertiary/aromatic N) is 5. The number of carboxylic acid groups (broad SMARTS) is 1. The third-order valence-electron chi connectivity index (χ3n) is 3.83. The molecule has 1 fully saturated rings. The Bertz CT molecular complexity index is 681. The lowest BCUT2D eigenvalue weighted by Gasteiger charge is -2.29. The van der Waals surface area contributed by atoms with E-state index in [2.05, 4.69) is 36.4 Å². The Morgan fingerprint density at radius 1 is 1.39 bits per heavy atom. The van der Waals surface area contributed by atoms with Crippen LogP contribution in [0, 0.1) is 5.92 Å². The number of aliphatic carboxylic acids is 1. The molecule has 0 aliphatic carbocycles. The van der Waals surface area contributed by atoms with E-state index in [1.165, 1.54) is 0 Å². The molecule has 1 N–H and O–H groups in total. The van der Waals surface area contributed by atoms with Gasteiger partial charge in [-0.1, -0.05) is 12.1 Å². The van der Waals surface area contributed by atoms with E-state index in [9.17, 15) is 9.90 Å². The molecule has 1 aromatic carbocycles. The average Bonchev–Trinajstić information content (AvgIpc) is 2.96. The molecule has 1 unspecified atom stereocenters. The molecule has 1 saturated heterocycles. The summed E-state index contributed by atoms with van der Waals surface area (Å²) in [4.78, 5) is 13.3. The summed E-state index contributed by atoms with van der Waals surface area (Å²) in [5.74, 6) is -0.324. The van der Waals surface area contributed by atoms with Crippen LogP contribution in [-0.4, -0.2) is 49.3 Å². The molecule has 0 spiro atoms. The van der Waals surface area contributed by atoms with E-state index < -0.39 is 5.97 Å². The molecule has 0 radical (unpaired) electrons. The van der Waals surface area contributed by atoms with Crippen molar-refractivity contribution in [1.82, 2.24) is 25.1 Å². The van der Waals surface area contributed by atoms with Crippen LogP contribution in [0.15, 0.2) is 28.7 Å². The number of likely N-dealkylation sites (tertiary alicyclic amines) is 1. The standard InChI is InChI=1S/C14H16BrN5O2.ClH/c15-11-5-1-2-6-12(11)20-13(16-17-18-20)9-19-7-3-4-10(8-19)14(21)22;/h1-2,5-6,10H,3-4,7-9H2,(H,21,22);1H. The monoisotopic (exact) mass is 401 g/mol. The quantitative estimate of drug-likeness (QED) is 0.843. The van der Waals surface area contributed by atoms with Crippen LogP contribution in [-0.2, 0) is 11.3 Å². The van der Waals surface area contributed by atoms with Gasteiger partial charge in [-0.3, -0.25) is 9.69 Å². The highest BCUT2D eigenvalue weighted by atomic mass is 79.9. The second-order valence-corrected chi connectivity index (χ2v) is 6.23. The van der Waals surface area contributed by atoms with Gasteiger partial charge in [0.2, 0.25) is 0 Å². The fraction of sp³-hybridized carbons (Fsp3) is 0.429. The molecule has 0 saturated carbocycles. The fourth-order valence-corrected chi connectivity index (χ4v) is 3.17. The van der Waals surface area contributed by atoms with Crippen LogP contribution in [0.1, 0.15) is 18.7 Å². The Labute approximate surface area is 148 Å². The largest absolute Gasteiger partial charge is 0.481 e. The van der Waals surface area contributed by atoms with Crippen molar-refractivity contribution >= 4 is 34.3 Å². The van der Waals surface area contributed by atoms with Gasteiger partial charge in [0.05, 0.1) is 18.2 Å². The van der Waals surface area contributed by atoms with Gasteiger partial charge in [0.25, 0.3) is 0 Å². The van der Waals surface area contributed by atoms with E-state index >= 15 is 0 Å². The highest BCUT2D eigenvalue weighted by Crippen LogP contribution is 2.22. The van der Waals surface area contributed by atoms with Crippen molar-refractivity contribution in [3.63, 3.8) is 0 Å². The topological polar surface area (TPSA) is 84.1 Å². The zero-order chi connectivity index (χ0) is 15.5. The van der Waals surface area contributed by atoms with Gasteiger partial charge < -0.3 is 5.11 Å². The molecule has 9 heteroatoms. The number of benzene rings is 1. The summed E-state index contributed by atoms with van der Waals surface area (Å²) < 4.78 is 2.60.